The average molecular weight is 460 g/mol. The molecule has 4 rings (SSSR count). The van der Waals surface area contributed by atoms with Crippen LogP contribution < -0.4 is 10.5 Å². The Morgan fingerprint density at radius 1 is 1.32 bits per heavy atom. The number of imidazole rings is 1. The van der Waals surface area contributed by atoms with E-state index in [2.05, 4.69) is 9.55 Å². The molecule has 0 atom stereocenters. The second-order valence-corrected chi connectivity index (χ2v) is 9.16. The van der Waals surface area contributed by atoms with Gasteiger partial charge in [0.1, 0.15) is 11.3 Å². The number of nitrogens with zero attached hydrogens (tertiary/aromatic N) is 4. The highest BCUT2D eigenvalue weighted by Gasteiger charge is 2.22. The summed E-state index contributed by atoms with van der Waals surface area (Å²) in [7, 11) is 1.64. The molecule has 2 N–H and O–H groups in total. The number of ether oxygens (including phenoxy) is 1. The zero-order valence-electron chi connectivity index (χ0n) is 17.7. The maximum Gasteiger partial charge on any atom is 0.219 e. The van der Waals surface area contributed by atoms with E-state index in [1.165, 1.54) is 11.8 Å². The molecule has 1 amide bonds. The predicted molar refractivity (Wildman–Crippen MR) is 124 cm³/mol. The number of methoxy groups -OCH3 is 1. The molecule has 0 radical (unpaired) electrons. The van der Waals surface area contributed by atoms with Crippen LogP contribution in [0.15, 0.2) is 40.5 Å². The highest BCUT2D eigenvalue weighted by molar-refractivity contribution is 7.99. The SMILES string of the molecule is COc1ccc(Cl)c(Sc2nc3c(N)nccc3n2CCC2CCN(C(C)=O)CC2)c1. The van der Waals surface area contributed by atoms with E-state index in [9.17, 15) is 4.79 Å². The zero-order chi connectivity index (χ0) is 22.0. The first-order valence-electron chi connectivity index (χ1n) is 10.3. The fraction of sp³-hybridized carbons (Fsp3) is 0.409. The molecule has 3 heterocycles. The van der Waals surface area contributed by atoms with Crippen LogP contribution in [0.25, 0.3) is 11.0 Å². The van der Waals surface area contributed by atoms with Crippen LogP contribution in [0, 0.1) is 5.92 Å². The van der Waals surface area contributed by atoms with Crippen molar-refractivity contribution in [1.82, 2.24) is 19.4 Å². The van der Waals surface area contributed by atoms with Gasteiger partial charge in [-0.15, -0.1) is 0 Å². The van der Waals surface area contributed by atoms with E-state index >= 15 is 0 Å². The lowest BCUT2D eigenvalue weighted by Gasteiger charge is -2.31. The number of nitrogens with two attached hydrogens (primary N) is 1. The first-order valence-corrected chi connectivity index (χ1v) is 11.5. The van der Waals surface area contributed by atoms with Crippen LogP contribution in [0.5, 0.6) is 5.75 Å². The lowest BCUT2D eigenvalue weighted by atomic mass is 9.93. The van der Waals surface area contributed by atoms with Crippen molar-refractivity contribution in [2.75, 3.05) is 25.9 Å². The van der Waals surface area contributed by atoms with Crippen molar-refractivity contribution in [1.29, 1.82) is 0 Å². The Morgan fingerprint density at radius 3 is 2.81 bits per heavy atom. The zero-order valence-corrected chi connectivity index (χ0v) is 19.2. The summed E-state index contributed by atoms with van der Waals surface area (Å²) in [6.07, 6.45) is 4.78. The molecule has 0 unspecified atom stereocenters. The lowest BCUT2D eigenvalue weighted by Crippen LogP contribution is -2.37. The number of amides is 1. The van der Waals surface area contributed by atoms with Crippen LogP contribution in [0.2, 0.25) is 5.02 Å². The number of carbonyl (C=O) groups excluding carboxylic acids is 1. The third-order valence-corrected chi connectivity index (χ3v) is 7.31. The van der Waals surface area contributed by atoms with Crippen molar-refractivity contribution in [2.24, 2.45) is 5.92 Å². The standard InChI is InChI=1S/C22H26ClN5O2S/c1-14(29)27-10-6-15(7-11-27)8-12-28-18-5-9-25-21(24)20(18)26-22(28)31-19-13-16(30-2)3-4-17(19)23/h3-5,9,13,15H,6-8,10-12H2,1-2H3,(H2,24,25). The Labute approximate surface area is 190 Å². The number of hydrogen-bond donors (Lipinski definition) is 1. The van der Waals surface area contributed by atoms with Crippen molar-refractivity contribution in [3.63, 3.8) is 0 Å². The van der Waals surface area contributed by atoms with Gasteiger partial charge >= 0.3 is 0 Å². The molecule has 0 aliphatic carbocycles. The highest BCUT2D eigenvalue weighted by Crippen LogP contribution is 2.37. The molecule has 1 aliphatic heterocycles. The van der Waals surface area contributed by atoms with Gasteiger partial charge < -0.3 is 19.9 Å². The van der Waals surface area contributed by atoms with Gasteiger partial charge in [-0.3, -0.25) is 4.79 Å². The molecular formula is C22H26ClN5O2S. The summed E-state index contributed by atoms with van der Waals surface area (Å²) in [5.74, 6) is 1.90. The Balaban J connectivity index is 1.59. The fourth-order valence-electron chi connectivity index (χ4n) is 3.98. The van der Waals surface area contributed by atoms with Crippen LogP contribution in [-0.4, -0.2) is 45.5 Å². The van der Waals surface area contributed by atoms with Crippen LogP contribution >= 0.6 is 23.4 Å². The molecule has 1 saturated heterocycles. The number of aryl methyl sites for hydroxylation is 1. The topological polar surface area (TPSA) is 86.3 Å². The number of pyridine rings is 1. The van der Waals surface area contributed by atoms with Crippen molar-refractivity contribution >= 4 is 46.1 Å². The Hall–Kier alpha value is -2.45. The summed E-state index contributed by atoms with van der Waals surface area (Å²) in [5.41, 5.74) is 7.78. The fourth-order valence-corrected chi connectivity index (χ4v) is 5.19. The third-order valence-electron chi connectivity index (χ3n) is 5.82. The van der Waals surface area contributed by atoms with Gasteiger partial charge in [0.2, 0.25) is 5.91 Å². The van der Waals surface area contributed by atoms with Gasteiger partial charge in [-0.05, 0) is 61.2 Å². The summed E-state index contributed by atoms with van der Waals surface area (Å²) in [5, 5.41) is 1.47. The molecule has 1 aromatic carbocycles. The minimum absolute atomic E-state index is 0.163. The lowest BCUT2D eigenvalue weighted by molar-refractivity contribution is -0.130. The maximum atomic E-state index is 11.6. The molecule has 1 fully saturated rings. The van der Waals surface area contributed by atoms with Gasteiger partial charge in [-0.25, -0.2) is 9.97 Å². The number of halogens is 1. The monoisotopic (exact) mass is 459 g/mol. The maximum absolute atomic E-state index is 11.6. The average Bonchev–Trinajstić information content (AvgIpc) is 3.12. The smallest absolute Gasteiger partial charge is 0.219 e. The molecule has 3 aromatic rings. The summed E-state index contributed by atoms with van der Waals surface area (Å²) in [4.78, 5) is 23.4. The largest absolute Gasteiger partial charge is 0.497 e. The minimum atomic E-state index is 0.163. The second kappa shape index (κ2) is 9.36. The van der Waals surface area contributed by atoms with Crippen molar-refractivity contribution in [2.45, 2.75) is 42.8 Å². The molecule has 9 heteroatoms. The molecule has 2 aromatic heterocycles. The summed E-state index contributed by atoms with van der Waals surface area (Å²) in [6, 6.07) is 7.53. The van der Waals surface area contributed by atoms with Crippen LogP contribution in [0.3, 0.4) is 0 Å². The van der Waals surface area contributed by atoms with Gasteiger partial charge in [0.05, 0.1) is 17.6 Å². The molecular weight excluding hydrogens is 434 g/mol. The van der Waals surface area contributed by atoms with E-state index in [1.54, 1.807) is 20.2 Å². The number of hydrogen-bond acceptors (Lipinski definition) is 6. The van der Waals surface area contributed by atoms with Crippen molar-refractivity contribution < 1.29 is 9.53 Å². The molecule has 0 spiro atoms. The third kappa shape index (κ3) is 4.75. The van der Waals surface area contributed by atoms with Gasteiger partial charge in [0.15, 0.2) is 11.0 Å². The Morgan fingerprint density at radius 2 is 2.10 bits per heavy atom. The van der Waals surface area contributed by atoms with Gasteiger partial charge in [-0.1, -0.05) is 11.6 Å². The summed E-state index contributed by atoms with van der Waals surface area (Å²) in [6.45, 7) is 4.13. The number of anilines is 1. The molecule has 0 saturated carbocycles. The van der Waals surface area contributed by atoms with E-state index < -0.39 is 0 Å². The summed E-state index contributed by atoms with van der Waals surface area (Å²) < 4.78 is 7.55. The number of fused-ring (bicyclic) bond motifs is 1. The predicted octanol–water partition coefficient (Wildman–Crippen LogP) is 4.48. The first kappa shape index (κ1) is 21.8. The Kier molecular flexibility index (Phi) is 6.57. The Bertz CT molecular complexity index is 1090. The normalized spacial score (nSPS) is 14.9. The summed E-state index contributed by atoms with van der Waals surface area (Å²) >= 11 is 7.94. The number of aromatic nitrogens is 3. The number of nitrogen functional groups attached to an aromatic ring is 1. The number of carbonyl (C=O) groups is 1. The number of benzene rings is 1. The van der Waals surface area contributed by atoms with Crippen LogP contribution in [0.1, 0.15) is 26.2 Å². The molecule has 0 bridgehead atoms. The molecule has 31 heavy (non-hydrogen) atoms. The van der Waals surface area contributed by atoms with Crippen molar-refractivity contribution in [3.05, 3.63) is 35.5 Å². The molecule has 1 aliphatic rings. The van der Waals surface area contributed by atoms with Crippen LogP contribution in [-0.2, 0) is 11.3 Å². The molecule has 164 valence electrons. The quantitative estimate of drug-likeness (QED) is 0.585. The van der Waals surface area contributed by atoms with Gasteiger partial charge in [0, 0.05) is 37.7 Å². The van der Waals surface area contributed by atoms with E-state index in [0.717, 1.165) is 60.2 Å². The minimum Gasteiger partial charge on any atom is -0.497 e. The number of rotatable bonds is 6. The highest BCUT2D eigenvalue weighted by atomic mass is 35.5. The molecule has 7 nitrogen and oxygen atoms in total. The number of likely N-dealkylation sites (tertiary alicyclic amines) is 1. The van der Waals surface area contributed by atoms with E-state index in [4.69, 9.17) is 27.1 Å². The van der Waals surface area contributed by atoms with Gasteiger partial charge in [0.25, 0.3) is 0 Å². The first-order chi connectivity index (χ1) is 15.0. The van der Waals surface area contributed by atoms with Crippen LogP contribution in [0.4, 0.5) is 5.82 Å². The number of piperidine rings is 1. The van der Waals surface area contributed by atoms with E-state index in [-0.39, 0.29) is 5.91 Å². The second-order valence-electron chi connectivity index (χ2n) is 7.75. The van der Waals surface area contributed by atoms with E-state index in [0.29, 0.717) is 22.3 Å². The van der Waals surface area contributed by atoms with Crippen molar-refractivity contribution in [3.8, 4) is 5.75 Å². The van der Waals surface area contributed by atoms with Gasteiger partial charge in [-0.2, -0.15) is 0 Å². The van der Waals surface area contributed by atoms with E-state index in [1.807, 2.05) is 29.2 Å².